The Morgan fingerprint density at radius 2 is 1.01 bits per heavy atom. The Kier molecular flexibility index (Phi) is 20.6. The highest BCUT2D eigenvalue weighted by molar-refractivity contribution is 5.98. The molecule has 4 heterocycles. The molecular formula is C56H85ClN10O11. The number of aliphatic carboxylic acids is 1. The van der Waals surface area contributed by atoms with Crippen LogP contribution in [0.2, 0.25) is 0 Å². The molecule has 5 amide bonds. The third-order valence-corrected chi connectivity index (χ3v) is 17.4. The molecule has 6 N–H and O–H groups in total. The van der Waals surface area contributed by atoms with Crippen molar-refractivity contribution in [3.05, 3.63) is 48.6 Å². The highest BCUT2D eigenvalue weighted by atomic mass is 35.5. The number of nitrogens with one attached hydrogen (secondary N) is 3. The van der Waals surface area contributed by atoms with E-state index in [4.69, 9.17) is 15.2 Å². The maximum Gasteiger partial charge on any atom is 0.328 e. The van der Waals surface area contributed by atoms with E-state index in [9.17, 15) is 43.5 Å². The molecule has 2 aromatic rings. The quantitative estimate of drug-likeness (QED) is 0.165. The molecule has 6 fully saturated rings. The molecule has 432 valence electrons. The zero-order valence-electron chi connectivity index (χ0n) is 47.6. The van der Waals surface area contributed by atoms with Gasteiger partial charge in [-0.1, -0.05) is 108 Å². The number of halogens is 1. The first kappa shape index (κ1) is 63.0. The molecule has 2 aliphatic heterocycles. The summed E-state index contributed by atoms with van der Waals surface area (Å²) in [4.78, 5) is 120. The van der Waals surface area contributed by atoms with E-state index in [1.54, 1.807) is 9.80 Å². The van der Waals surface area contributed by atoms with Gasteiger partial charge >= 0.3 is 17.9 Å². The largest absolute Gasteiger partial charge is 0.480 e. The lowest BCUT2D eigenvalue weighted by Crippen LogP contribution is -2.61. The van der Waals surface area contributed by atoms with Gasteiger partial charge in [0, 0.05) is 49.7 Å². The van der Waals surface area contributed by atoms with Crippen molar-refractivity contribution >= 4 is 59.9 Å². The Balaban J connectivity index is 0.000000236. The van der Waals surface area contributed by atoms with Crippen LogP contribution < -0.4 is 21.7 Å². The van der Waals surface area contributed by atoms with E-state index in [1.807, 2.05) is 41.5 Å². The van der Waals surface area contributed by atoms with Crippen LogP contribution in [0.25, 0.3) is 0 Å². The van der Waals surface area contributed by atoms with Gasteiger partial charge in [0.25, 0.3) is 11.8 Å². The fraction of sp³-hybridized carbons (Fsp3) is 0.714. The van der Waals surface area contributed by atoms with E-state index in [1.165, 1.54) is 51.4 Å². The fourth-order valence-corrected chi connectivity index (χ4v) is 12.4. The van der Waals surface area contributed by atoms with Crippen LogP contribution in [0.3, 0.4) is 0 Å². The van der Waals surface area contributed by atoms with Crippen molar-refractivity contribution in [2.45, 2.75) is 170 Å². The third kappa shape index (κ3) is 14.1. The number of likely N-dealkylation sites (tertiary alicyclic amines) is 2. The van der Waals surface area contributed by atoms with Crippen LogP contribution in [-0.2, 0) is 38.2 Å². The van der Waals surface area contributed by atoms with Gasteiger partial charge < -0.3 is 46.1 Å². The molecule has 4 aliphatic carbocycles. The lowest BCUT2D eigenvalue weighted by molar-refractivity contribution is -0.155. The molecule has 2 aromatic heterocycles. The number of amides is 5. The van der Waals surface area contributed by atoms with Crippen molar-refractivity contribution in [3.8, 4) is 0 Å². The number of nitrogens with zero attached hydrogens (tertiary/aromatic N) is 6. The number of ether oxygens (including phenoxy) is 2. The fourth-order valence-electron chi connectivity index (χ4n) is 12.4. The second-order valence-corrected chi connectivity index (χ2v) is 25.2. The van der Waals surface area contributed by atoms with E-state index in [2.05, 4.69) is 63.6 Å². The minimum atomic E-state index is -0.982. The molecule has 10 atom stereocenters. The first-order chi connectivity index (χ1) is 36.1. The number of aromatic nitrogens is 4. The number of fused-ring (bicyclic) bond motifs is 2. The average molecular weight is 1110 g/mol. The van der Waals surface area contributed by atoms with Crippen LogP contribution >= 0.6 is 12.4 Å². The molecule has 4 unspecified atom stereocenters. The number of carboxylic acid groups (broad SMARTS) is 1. The Morgan fingerprint density at radius 3 is 1.37 bits per heavy atom. The topological polar surface area (TPSA) is 295 Å². The number of rotatable bonds is 13. The van der Waals surface area contributed by atoms with Crippen molar-refractivity contribution in [1.29, 1.82) is 0 Å². The summed E-state index contributed by atoms with van der Waals surface area (Å²) in [7, 11) is 2.71. The minimum absolute atomic E-state index is 0. The number of nitrogens with two attached hydrogens (primary N) is 1. The maximum absolute atomic E-state index is 14.0. The van der Waals surface area contributed by atoms with Crippen molar-refractivity contribution < 1.29 is 52.9 Å². The zero-order chi connectivity index (χ0) is 56.9. The van der Waals surface area contributed by atoms with Gasteiger partial charge in [0.2, 0.25) is 17.7 Å². The maximum atomic E-state index is 14.0. The summed E-state index contributed by atoms with van der Waals surface area (Å²) in [6.07, 6.45) is 18.0. The van der Waals surface area contributed by atoms with Crippen molar-refractivity contribution in [3.63, 3.8) is 0 Å². The van der Waals surface area contributed by atoms with Gasteiger partial charge in [-0.3, -0.25) is 33.9 Å². The predicted molar refractivity (Wildman–Crippen MR) is 290 cm³/mol. The van der Waals surface area contributed by atoms with Crippen molar-refractivity contribution in [2.75, 3.05) is 27.3 Å². The number of methoxy groups -OCH3 is 2. The highest BCUT2D eigenvalue weighted by Gasteiger charge is 2.71. The first-order valence-corrected chi connectivity index (χ1v) is 27.3. The van der Waals surface area contributed by atoms with Gasteiger partial charge in [0.1, 0.15) is 41.6 Å². The van der Waals surface area contributed by atoms with Crippen molar-refractivity contribution in [1.82, 2.24) is 45.7 Å². The molecule has 0 radical (unpaired) electrons. The smallest absolute Gasteiger partial charge is 0.328 e. The molecule has 21 nitrogen and oxygen atoms in total. The Morgan fingerprint density at radius 1 is 0.615 bits per heavy atom. The first-order valence-electron chi connectivity index (χ1n) is 27.3. The molecule has 0 spiro atoms. The summed E-state index contributed by atoms with van der Waals surface area (Å²) in [6.45, 7) is 21.0. The van der Waals surface area contributed by atoms with E-state index in [0.29, 0.717) is 19.0 Å². The lowest BCUT2D eigenvalue weighted by Gasteiger charge is -2.38. The summed E-state index contributed by atoms with van der Waals surface area (Å²) in [5.41, 5.74) is 5.46. The number of carbonyl (C=O) groups is 8. The van der Waals surface area contributed by atoms with Crippen LogP contribution in [0.1, 0.15) is 154 Å². The second kappa shape index (κ2) is 25.5. The van der Waals surface area contributed by atoms with E-state index < -0.39 is 71.3 Å². The molecule has 6 aliphatic rings. The number of piperidine rings is 2. The molecule has 8 rings (SSSR count). The van der Waals surface area contributed by atoms with Crippen LogP contribution in [0.5, 0.6) is 0 Å². The van der Waals surface area contributed by atoms with Gasteiger partial charge in [-0.15, -0.1) is 12.4 Å². The number of carbonyl (C=O) groups excluding carboxylic acids is 7. The Bertz CT molecular complexity index is 2460. The van der Waals surface area contributed by atoms with Crippen molar-refractivity contribution in [2.24, 2.45) is 62.9 Å². The molecule has 0 bridgehead atoms. The molecular weight excluding hydrogens is 1020 g/mol. The number of esters is 2. The lowest BCUT2D eigenvalue weighted by atomic mass is 9.82. The second-order valence-electron chi connectivity index (χ2n) is 25.2. The Labute approximate surface area is 465 Å². The van der Waals surface area contributed by atoms with E-state index >= 15 is 0 Å². The van der Waals surface area contributed by atoms with Gasteiger partial charge in [0.15, 0.2) is 0 Å². The summed E-state index contributed by atoms with van der Waals surface area (Å²) in [6, 6.07) is -4.28. The zero-order valence-corrected chi connectivity index (χ0v) is 48.4. The summed E-state index contributed by atoms with van der Waals surface area (Å²) < 4.78 is 9.97. The Hall–Kier alpha value is -5.83. The molecule has 0 aromatic carbocycles. The minimum Gasteiger partial charge on any atom is -0.480 e. The normalized spacial score (nSPS) is 25.3. The van der Waals surface area contributed by atoms with Gasteiger partial charge in [-0.25, -0.2) is 24.4 Å². The van der Waals surface area contributed by atoms with Crippen LogP contribution in [0.4, 0.5) is 0 Å². The number of carboxylic acids is 1. The molecule has 22 heteroatoms. The SMILES string of the molecule is COC(=O)[C@@H]1C2C(CN1C(=O)[C@@H](N)C(C)(C)C)C2(C)C.COC(=O)[C@@H]1C2C(CN1C(=O)[C@@H](NC(=O)[C@@H](NC(=O)c1cnccn1)C1CCCCC1)C(C)(C)C)C2(C)C.Cl.O=C(N[C@H](C(=O)O)C1CCCCC1)c1cnccn1. The molecule has 4 saturated carbocycles. The monoisotopic (exact) mass is 1110 g/mol. The molecule has 78 heavy (non-hydrogen) atoms. The third-order valence-electron chi connectivity index (χ3n) is 17.4. The summed E-state index contributed by atoms with van der Waals surface area (Å²) in [5, 5.41) is 17.7. The number of hydrogen-bond acceptors (Lipinski definition) is 15. The van der Waals surface area contributed by atoms with Gasteiger partial charge in [-0.05, 0) is 71.0 Å². The van der Waals surface area contributed by atoms with Gasteiger partial charge in [-0.2, -0.15) is 0 Å². The summed E-state index contributed by atoms with van der Waals surface area (Å²) in [5.74, 6) is -2.74. The number of hydrogen-bond donors (Lipinski definition) is 5. The standard InChI is InChI=1S/C28H41N5O5.C15H26N2O3.C13H17N3O3.ClH/c1-27(2,3)22(25(36)33-15-17-19(28(17,4)5)21(33)26(37)38-6)32-24(35)20(16-10-8-7-9-11-16)31-23(34)18-14-29-12-13-30-18;1-14(2,3)11(16)12(18)17-7-8-9(15(8,4)5)10(17)13(19)20-6;17-12(10-8-14-6-7-15-10)16-11(13(18)19)9-4-2-1-3-5-9;/h12-14,16-17,19-22H,7-11,15H2,1-6H3,(H,31,34)(H,32,35);8-11H,7,16H2,1-6H3;6-9,11H,1-5H2,(H,16,17)(H,18,19);1H/t17?,19?,20-,21-,22+;8?,9?,10-,11+;11-;/m000./s1. The average Bonchev–Trinajstić information content (AvgIpc) is 3.84. The van der Waals surface area contributed by atoms with Crippen LogP contribution in [0, 0.1) is 57.2 Å². The predicted octanol–water partition coefficient (Wildman–Crippen LogP) is 5.02. The van der Waals surface area contributed by atoms with E-state index in [-0.39, 0.29) is 87.4 Å². The van der Waals surface area contributed by atoms with Crippen LogP contribution in [0.15, 0.2) is 37.2 Å². The highest BCUT2D eigenvalue weighted by Crippen LogP contribution is 2.66. The van der Waals surface area contributed by atoms with E-state index in [0.717, 1.165) is 64.2 Å². The van der Waals surface area contributed by atoms with Gasteiger partial charge in [0.05, 0.1) is 32.7 Å². The van der Waals surface area contributed by atoms with Crippen LogP contribution in [-0.4, -0.2) is 146 Å². The molecule has 2 saturated heterocycles. The summed E-state index contributed by atoms with van der Waals surface area (Å²) >= 11 is 0.